The number of hydrogen-bond acceptors (Lipinski definition) is 2. The van der Waals surface area contributed by atoms with Crippen LogP contribution in [0.1, 0.15) is 0 Å². The van der Waals surface area contributed by atoms with Crippen LogP contribution in [-0.2, 0) is 22.5 Å². The Kier molecular flexibility index (Phi) is 3.69. The van der Waals surface area contributed by atoms with Crippen molar-refractivity contribution in [2.45, 2.75) is 0 Å². The Balaban J connectivity index is 3.67. The van der Waals surface area contributed by atoms with Crippen LogP contribution in [0.4, 0.5) is 0 Å². The third-order valence-corrected chi connectivity index (χ3v) is 0.719. The summed E-state index contributed by atoms with van der Waals surface area (Å²) in [6.07, 6.45) is 0. The second-order valence-electron chi connectivity index (χ2n) is 0.625. The van der Waals surface area contributed by atoms with Crippen molar-refractivity contribution in [3.63, 3.8) is 0 Å². The van der Waals surface area contributed by atoms with Crippen LogP contribution in [0.3, 0.4) is 0 Å². The third-order valence-electron chi connectivity index (χ3n) is 0.173. The van der Waals surface area contributed by atoms with E-state index >= 15 is 0 Å². The highest BCUT2D eigenvalue weighted by atomic mass is 32.2. The molecule has 8 heteroatoms. The van der Waals surface area contributed by atoms with Crippen molar-refractivity contribution >= 4 is 22.5 Å². The van der Waals surface area contributed by atoms with Gasteiger partial charge in [-0.2, -0.15) is 0 Å². The smallest absolute Gasteiger partial charge is 0.287 e. The Morgan fingerprint density at radius 3 is 1.38 bits per heavy atom. The van der Waals surface area contributed by atoms with E-state index in [-0.39, 0.29) is 0 Å². The van der Waals surface area contributed by atoms with Gasteiger partial charge in [-0.1, -0.05) is 0 Å². The van der Waals surface area contributed by atoms with E-state index in [4.69, 9.17) is 9.11 Å². The van der Waals surface area contributed by atoms with Gasteiger partial charge in [0, 0.05) is 0 Å². The van der Waals surface area contributed by atoms with Crippen molar-refractivity contribution in [1.82, 2.24) is 0 Å². The van der Waals surface area contributed by atoms with Gasteiger partial charge in [0.2, 0.25) is 0 Å². The quantitative estimate of drug-likeness (QED) is 0.426. The SMILES string of the molecule is O=S(O)N=NS(=O)O. The lowest BCUT2D eigenvalue weighted by Crippen LogP contribution is -1.79. The van der Waals surface area contributed by atoms with Crippen molar-refractivity contribution < 1.29 is 17.5 Å². The van der Waals surface area contributed by atoms with Gasteiger partial charge in [-0.3, -0.25) is 9.11 Å². The van der Waals surface area contributed by atoms with Gasteiger partial charge < -0.3 is 0 Å². The maximum atomic E-state index is 9.51. The largest absolute Gasteiger partial charge is 0.301 e. The molecule has 0 saturated carbocycles. The number of hydrogen-bond donors (Lipinski definition) is 2. The molecule has 2 N–H and O–H groups in total. The molecule has 0 aromatic heterocycles. The van der Waals surface area contributed by atoms with Crippen LogP contribution in [0.5, 0.6) is 0 Å². The zero-order valence-electron chi connectivity index (χ0n) is 3.42. The summed E-state index contributed by atoms with van der Waals surface area (Å²) in [6.45, 7) is 0. The van der Waals surface area contributed by atoms with Crippen LogP contribution in [0.25, 0.3) is 0 Å². The van der Waals surface area contributed by atoms with E-state index in [0.29, 0.717) is 0 Å². The molecule has 0 aromatic carbocycles. The first kappa shape index (κ1) is 7.82. The van der Waals surface area contributed by atoms with Crippen molar-refractivity contribution in [2.24, 2.45) is 9.04 Å². The van der Waals surface area contributed by atoms with Crippen LogP contribution in [-0.4, -0.2) is 17.5 Å². The van der Waals surface area contributed by atoms with E-state index in [2.05, 4.69) is 9.04 Å². The summed E-state index contributed by atoms with van der Waals surface area (Å²) in [7, 11) is 0. The molecule has 0 radical (unpaired) electrons. The fourth-order valence-electron chi connectivity index (χ4n) is 0.0570. The molecule has 8 heavy (non-hydrogen) atoms. The van der Waals surface area contributed by atoms with Gasteiger partial charge in [0.1, 0.15) is 0 Å². The molecule has 0 spiro atoms. The van der Waals surface area contributed by atoms with Gasteiger partial charge in [0.05, 0.1) is 0 Å². The van der Waals surface area contributed by atoms with Crippen LogP contribution < -0.4 is 0 Å². The van der Waals surface area contributed by atoms with Crippen molar-refractivity contribution in [1.29, 1.82) is 0 Å². The molecule has 0 aromatic rings. The summed E-state index contributed by atoms with van der Waals surface area (Å²) in [5.74, 6) is 0. The highest BCUT2D eigenvalue weighted by molar-refractivity contribution is 7.80. The van der Waals surface area contributed by atoms with Gasteiger partial charge in [-0.05, 0) is 9.04 Å². The minimum absolute atomic E-state index is 2.43. The first-order valence-corrected chi connectivity index (χ1v) is 3.39. The predicted molar refractivity (Wildman–Crippen MR) is 26.4 cm³/mol. The highest BCUT2D eigenvalue weighted by Gasteiger charge is 1.86. The number of nitrogens with zero attached hydrogens (tertiary/aromatic N) is 2. The van der Waals surface area contributed by atoms with E-state index < -0.39 is 22.5 Å². The predicted octanol–water partition coefficient (Wildman–Crippen LogP) is -0.288. The van der Waals surface area contributed by atoms with Gasteiger partial charge in [0.25, 0.3) is 0 Å². The zero-order chi connectivity index (χ0) is 6.57. The van der Waals surface area contributed by atoms with Gasteiger partial charge >= 0.3 is 22.5 Å². The zero-order valence-corrected chi connectivity index (χ0v) is 5.05. The molecular formula is H2N2O4S2. The summed E-state index contributed by atoms with van der Waals surface area (Å²) in [5.41, 5.74) is 0. The monoisotopic (exact) mass is 158 g/mol. The Morgan fingerprint density at radius 1 is 1.00 bits per heavy atom. The molecule has 2 unspecified atom stereocenters. The molecule has 6 nitrogen and oxygen atoms in total. The van der Waals surface area contributed by atoms with E-state index in [1.165, 1.54) is 0 Å². The van der Waals surface area contributed by atoms with E-state index in [9.17, 15) is 8.42 Å². The minimum Gasteiger partial charge on any atom is -0.287 e. The molecule has 0 saturated heterocycles. The minimum atomic E-state index is -2.48. The normalized spacial score (nSPS) is 18.8. The molecule has 0 rings (SSSR count). The molecule has 0 aliphatic rings. The lowest BCUT2D eigenvalue weighted by molar-refractivity contribution is 0.554. The van der Waals surface area contributed by atoms with Crippen molar-refractivity contribution in [2.75, 3.05) is 0 Å². The van der Waals surface area contributed by atoms with Crippen molar-refractivity contribution in [3.8, 4) is 0 Å². The summed E-state index contributed by atoms with van der Waals surface area (Å²) >= 11 is -4.96. The molecular weight excluding hydrogens is 156 g/mol. The standard InChI is InChI=1S/H2N2O4S2/c3-7(4)1-2-8(5)6/h(H,3,4)(H,5,6). The van der Waals surface area contributed by atoms with Gasteiger partial charge in [0.15, 0.2) is 0 Å². The first-order chi connectivity index (χ1) is 3.63. The fourth-order valence-corrected chi connectivity index (χ4v) is 0.513. The van der Waals surface area contributed by atoms with E-state index in [0.717, 1.165) is 0 Å². The van der Waals surface area contributed by atoms with Crippen LogP contribution in [0, 0.1) is 0 Å². The second kappa shape index (κ2) is 3.78. The summed E-state index contributed by atoms with van der Waals surface area (Å²) in [6, 6.07) is 0. The molecule has 0 amide bonds. The Morgan fingerprint density at radius 2 is 1.25 bits per heavy atom. The average Bonchev–Trinajstić information content (AvgIpc) is 1.61. The molecule has 0 heterocycles. The lowest BCUT2D eigenvalue weighted by atomic mass is 13.2. The van der Waals surface area contributed by atoms with Gasteiger partial charge in [-0.15, -0.1) is 0 Å². The van der Waals surface area contributed by atoms with Gasteiger partial charge in [-0.25, -0.2) is 8.42 Å². The maximum absolute atomic E-state index is 9.51. The van der Waals surface area contributed by atoms with Crippen LogP contribution in [0.2, 0.25) is 0 Å². The van der Waals surface area contributed by atoms with Crippen LogP contribution >= 0.6 is 0 Å². The average molecular weight is 158 g/mol. The highest BCUT2D eigenvalue weighted by Crippen LogP contribution is 1.81. The topological polar surface area (TPSA) is 99.3 Å². The Labute approximate surface area is 49.8 Å². The Bertz CT molecular complexity index is 123. The van der Waals surface area contributed by atoms with E-state index in [1.807, 2.05) is 0 Å². The maximum Gasteiger partial charge on any atom is 0.301 e. The lowest BCUT2D eigenvalue weighted by Gasteiger charge is -1.73. The molecule has 2 atom stereocenters. The Hall–Kier alpha value is -0.180. The summed E-state index contributed by atoms with van der Waals surface area (Å²) in [4.78, 5) is 0. The van der Waals surface area contributed by atoms with E-state index in [1.54, 1.807) is 0 Å². The second-order valence-corrected chi connectivity index (χ2v) is 1.87. The van der Waals surface area contributed by atoms with Crippen LogP contribution in [0.15, 0.2) is 9.04 Å². The molecule has 0 aliphatic heterocycles. The summed E-state index contributed by atoms with van der Waals surface area (Å²) < 4.78 is 39.4. The first-order valence-electron chi connectivity index (χ1n) is 1.26. The van der Waals surface area contributed by atoms with Crippen molar-refractivity contribution in [3.05, 3.63) is 0 Å². The molecule has 0 bridgehead atoms. The summed E-state index contributed by atoms with van der Waals surface area (Å²) in [5, 5.41) is 0. The molecule has 0 fully saturated rings. The molecule has 48 valence electrons. The fraction of sp³-hybridized carbons (Fsp3) is 0. The third kappa shape index (κ3) is 5.82. The molecule has 0 aliphatic carbocycles. The number of rotatable bonds is 2.